The summed E-state index contributed by atoms with van der Waals surface area (Å²) >= 11 is 5.70. The van der Waals surface area contributed by atoms with Crippen molar-refractivity contribution in [1.82, 2.24) is 0 Å². The number of nitriles is 1. The Kier molecular flexibility index (Phi) is 3.55. The quantitative estimate of drug-likeness (QED) is 0.761. The third-order valence-electron chi connectivity index (χ3n) is 1.82. The van der Waals surface area contributed by atoms with Gasteiger partial charge in [0.05, 0.1) is 18.2 Å². The molecule has 1 aromatic carbocycles. The fourth-order valence-corrected chi connectivity index (χ4v) is 1.34. The molecule has 0 aromatic heterocycles. The van der Waals surface area contributed by atoms with Crippen molar-refractivity contribution in [1.29, 1.82) is 5.26 Å². The Hall–Kier alpha value is -1.46. The first-order valence-corrected chi connectivity index (χ1v) is 4.56. The van der Waals surface area contributed by atoms with E-state index in [0.29, 0.717) is 17.1 Å². The third-order valence-corrected chi connectivity index (χ3v) is 1.94. The third kappa shape index (κ3) is 2.79. The van der Waals surface area contributed by atoms with E-state index in [9.17, 15) is 0 Å². The Morgan fingerprint density at radius 2 is 2.36 bits per heavy atom. The van der Waals surface area contributed by atoms with Gasteiger partial charge in [0.1, 0.15) is 0 Å². The maximum atomic E-state index is 8.71. The highest BCUT2D eigenvalue weighted by molar-refractivity contribution is 6.29. The molecule has 1 aromatic rings. The lowest BCUT2D eigenvalue weighted by molar-refractivity contribution is 1.02. The van der Waals surface area contributed by atoms with Crippen LogP contribution in [0.2, 0.25) is 0 Å². The summed E-state index contributed by atoms with van der Waals surface area (Å²) < 4.78 is 0. The van der Waals surface area contributed by atoms with Gasteiger partial charge in [-0.25, -0.2) is 0 Å². The van der Waals surface area contributed by atoms with Crippen molar-refractivity contribution >= 4 is 17.3 Å². The molecule has 0 aliphatic carbocycles. The minimum atomic E-state index is 0.579. The van der Waals surface area contributed by atoms with Gasteiger partial charge in [-0.05, 0) is 18.2 Å². The lowest BCUT2D eigenvalue weighted by Crippen LogP contribution is -2.18. The lowest BCUT2D eigenvalue weighted by atomic mass is 10.2. The van der Waals surface area contributed by atoms with E-state index in [1.165, 1.54) is 0 Å². The zero-order valence-corrected chi connectivity index (χ0v) is 8.75. The van der Waals surface area contributed by atoms with Gasteiger partial charge in [-0.3, -0.25) is 0 Å². The van der Waals surface area contributed by atoms with Crippen LogP contribution in [0.1, 0.15) is 5.56 Å². The zero-order valence-electron chi connectivity index (χ0n) is 8.00. The first kappa shape index (κ1) is 10.6. The fraction of sp³-hybridized carbons (Fsp3) is 0.182. The maximum absolute atomic E-state index is 8.71. The second kappa shape index (κ2) is 4.69. The van der Waals surface area contributed by atoms with Crippen LogP contribution in [0.4, 0.5) is 5.69 Å². The molecule has 2 nitrogen and oxygen atoms in total. The van der Waals surface area contributed by atoms with Gasteiger partial charge in [-0.1, -0.05) is 24.2 Å². The summed E-state index contributed by atoms with van der Waals surface area (Å²) in [7, 11) is 1.91. The maximum Gasteiger partial charge on any atom is 0.0992 e. The summed E-state index contributed by atoms with van der Waals surface area (Å²) in [5, 5.41) is 9.29. The fourth-order valence-electron chi connectivity index (χ4n) is 1.16. The second-order valence-electron chi connectivity index (χ2n) is 3.04. The number of anilines is 1. The smallest absolute Gasteiger partial charge is 0.0992 e. The van der Waals surface area contributed by atoms with Crippen LogP contribution >= 0.6 is 11.6 Å². The zero-order chi connectivity index (χ0) is 10.6. The number of halogens is 1. The molecule has 0 aliphatic rings. The highest BCUT2D eigenvalue weighted by atomic mass is 35.5. The van der Waals surface area contributed by atoms with Gasteiger partial charge in [0.15, 0.2) is 0 Å². The largest absolute Gasteiger partial charge is 0.369 e. The van der Waals surface area contributed by atoms with E-state index in [2.05, 4.69) is 12.6 Å². The molecule has 0 unspecified atom stereocenters. The molecule has 0 fully saturated rings. The number of hydrogen-bond acceptors (Lipinski definition) is 2. The molecular formula is C11H11ClN2. The van der Waals surface area contributed by atoms with E-state index in [0.717, 1.165) is 5.69 Å². The summed E-state index contributed by atoms with van der Waals surface area (Å²) in [5.41, 5.74) is 1.61. The minimum Gasteiger partial charge on any atom is -0.369 e. The van der Waals surface area contributed by atoms with Crippen molar-refractivity contribution in [2.24, 2.45) is 0 Å². The van der Waals surface area contributed by atoms with Crippen molar-refractivity contribution < 1.29 is 0 Å². The van der Waals surface area contributed by atoms with Crippen LogP contribution in [-0.2, 0) is 0 Å². The van der Waals surface area contributed by atoms with Crippen LogP contribution < -0.4 is 4.90 Å². The minimum absolute atomic E-state index is 0.579. The summed E-state index contributed by atoms with van der Waals surface area (Å²) in [6, 6.07) is 9.46. The SMILES string of the molecule is C=C(Cl)CN(C)c1cccc(C#N)c1. The molecule has 0 heterocycles. The van der Waals surface area contributed by atoms with Crippen LogP contribution in [0.25, 0.3) is 0 Å². The number of nitrogens with zero attached hydrogens (tertiary/aromatic N) is 2. The summed E-state index contributed by atoms with van der Waals surface area (Å²) in [6.45, 7) is 4.20. The van der Waals surface area contributed by atoms with Gasteiger partial charge >= 0.3 is 0 Å². The molecule has 72 valence electrons. The normalized spacial score (nSPS) is 9.21. The molecule has 14 heavy (non-hydrogen) atoms. The summed E-state index contributed by atoms with van der Waals surface area (Å²) in [6.07, 6.45) is 0. The molecule has 0 atom stereocenters. The van der Waals surface area contributed by atoms with Crippen LogP contribution in [0.5, 0.6) is 0 Å². The molecule has 0 spiro atoms. The van der Waals surface area contributed by atoms with Crippen molar-refractivity contribution in [2.75, 3.05) is 18.5 Å². The van der Waals surface area contributed by atoms with Crippen molar-refractivity contribution in [3.63, 3.8) is 0 Å². The number of hydrogen-bond donors (Lipinski definition) is 0. The van der Waals surface area contributed by atoms with Gasteiger partial charge in [0.25, 0.3) is 0 Å². The molecule has 0 saturated carbocycles. The second-order valence-corrected chi connectivity index (χ2v) is 3.57. The standard InChI is InChI=1S/C11H11ClN2/c1-9(12)8-14(2)11-5-3-4-10(6-11)7-13/h3-6H,1,8H2,2H3. The topological polar surface area (TPSA) is 27.0 Å². The average molecular weight is 207 g/mol. The molecule has 0 N–H and O–H groups in total. The van der Waals surface area contributed by atoms with Gasteiger partial charge in [0, 0.05) is 17.8 Å². The lowest BCUT2D eigenvalue weighted by Gasteiger charge is -2.18. The predicted molar refractivity (Wildman–Crippen MR) is 59.4 cm³/mol. The summed E-state index contributed by atoms with van der Waals surface area (Å²) in [4.78, 5) is 1.94. The Labute approximate surface area is 89.0 Å². The van der Waals surface area contributed by atoms with E-state index >= 15 is 0 Å². The van der Waals surface area contributed by atoms with Crippen LogP contribution in [0, 0.1) is 11.3 Å². The van der Waals surface area contributed by atoms with Gasteiger partial charge in [-0.15, -0.1) is 0 Å². The Morgan fingerprint density at radius 1 is 1.64 bits per heavy atom. The number of rotatable bonds is 3. The highest BCUT2D eigenvalue weighted by Crippen LogP contribution is 2.15. The molecule has 0 bridgehead atoms. The van der Waals surface area contributed by atoms with E-state index in [-0.39, 0.29) is 0 Å². The molecular weight excluding hydrogens is 196 g/mol. The Bertz CT molecular complexity index is 379. The first-order chi connectivity index (χ1) is 6.63. The van der Waals surface area contributed by atoms with Crippen molar-refractivity contribution in [3.05, 3.63) is 41.4 Å². The summed E-state index contributed by atoms with van der Waals surface area (Å²) in [5.74, 6) is 0. The van der Waals surface area contributed by atoms with Crippen molar-refractivity contribution in [3.8, 4) is 6.07 Å². The highest BCUT2D eigenvalue weighted by Gasteiger charge is 2.01. The van der Waals surface area contributed by atoms with E-state index in [1.54, 1.807) is 6.07 Å². The monoisotopic (exact) mass is 206 g/mol. The Balaban J connectivity index is 2.85. The average Bonchev–Trinajstić information content (AvgIpc) is 2.17. The van der Waals surface area contributed by atoms with Crippen LogP contribution in [0.15, 0.2) is 35.9 Å². The number of benzene rings is 1. The molecule has 1 rings (SSSR count). The van der Waals surface area contributed by atoms with Gasteiger partial charge in [-0.2, -0.15) is 5.26 Å². The predicted octanol–water partition coefficient (Wildman–Crippen LogP) is 2.75. The molecule has 0 saturated heterocycles. The Morgan fingerprint density at radius 3 is 2.93 bits per heavy atom. The molecule has 0 amide bonds. The van der Waals surface area contributed by atoms with Crippen LogP contribution in [0.3, 0.4) is 0 Å². The van der Waals surface area contributed by atoms with E-state index in [1.807, 2.05) is 30.1 Å². The van der Waals surface area contributed by atoms with Crippen LogP contribution in [-0.4, -0.2) is 13.6 Å². The van der Waals surface area contributed by atoms with Gasteiger partial charge < -0.3 is 4.90 Å². The first-order valence-electron chi connectivity index (χ1n) is 4.18. The van der Waals surface area contributed by atoms with E-state index in [4.69, 9.17) is 16.9 Å². The van der Waals surface area contributed by atoms with Gasteiger partial charge in [0.2, 0.25) is 0 Å². The molecule has 0 aliphatic heterocycles. The number of likely N-dealkylation sites (N-methyl/N-ethyl adjacent to an activating group) is 1. The van der Waals surface area contributed by atoms with Crippen molar-refractivity contribution in [2.45, 2.75) is 0 Å². The molecule has 0 radical (unpaired) electrons. The van der Waals surface area contributed by atoms with E-state index < -0.39 is 0 Å². The molecule has 3 heteroatoms.